The van der Waals surface area contributed by atoms with Gasteiger partial charge in [-0.2, -0.15) is 0 Å². The van der Waals surface area contributed by atoms with E-state index in [0.717, 1.165) is 5.82 Å². The fourth-order valence-corrected chi connectivity index (χ4v) is 2.51. The molecule has 2 N–H and O–H groups in total. The molecule has 0 amide bonds. The van der Waals surface area contributed by atoms with Crippen LogP contribution in [0.4, 0.5) is 11.5 Å². The summed E-state index contributed by atoms with van der Waals surface area (Å²) in [6.45, 7) is 2.12. The van der Waals surface area contributed by atoms with Gasteiger partial charge in [0.15, 0.2) is 0 Å². The van der Waals surface area contributed by atoms with Crippen molar-refractivity contribution < 1.29 is 9.53 Å². The zero-order valence-electron chi connectivity index (χ0n) is 11.6. The lowest BCUT2D eigenvalue weighted by molar-refractivity contribution is 0.0527. The molecule has 5 nitrogen and oxygen atoms in total. The molecule has 1 aliphatic rings. The topological polar surface area (TPSA) is 68.5 Å². The molecule has 1 heterocycles. The third kappa shape index (κ3) is 2.97. The molecule has 0 spiro atoms. The van der Waals surface area contributed by atoms with Crippen molar-refractivity contribution in [1.82, 2.24) is 4.98 Å². The highest BCUT2D eigenvalue weighted by molar-refractivity contribution is 5.95. The van der Waals surface area contributed by atoms with E-state index in [1.54, 1.807) is 13.0 Å². The molecule has 19 heavy (non-hydrogen) atoms. The largest absolute Gasteiger partial charge is 0.462 e. The van der Waals surface area contributed by atoms with Crippen LogP contribution in [-0.4, -0.2) is 30.6 Å². The molecule has 1 aromatic rings. The number of hydrogen-bond acceptors (Lipinski definition) is 5. The lowest BCUT2D eigenvalue weighted by Crippen LogP contribution is -2.29. The summed E-state index contributed by atoms with van der Waals surface area (Å²) in [6, 6.07) is 2.23. The molecular formula is C14H21N3O2. The number of hydrogen-bond donors (Lipinski definition) is 1. The van der Waals surface area contributed by atoms with Crippen LogP contribution in [0.2, 0.25) is 0 Å². The molecule has 0 atom stereocenters. The number of ether oxygens (including phenoxy) is 1. The summed E-state index contributed by atoms with van der Waals surface area (Å²) in [6.07, 6.45) is 6.41. The molecule has 0 saturated heterocycles. The highest BCUT2D eigenvalue weighted by atomic mass is 16.5. The first-order valence-corrected chi connectivity index (χ1v) is 6.79. The molecule has 0 aliphatic heterocycles. The van der Waals surface area contributed by atoms with Crippen molar-refractivity contribution in [2.75, 3.05) is 24.3 Å². The lowest BCUT2D eigenvalue weighted by atomic mass is 10.2. The number of carbonyl (C=O) groups excluding carboxylic acids is 1. The fraction of sp³-hybridized carbons (Fsp3) is 0.571. The van der Waals surface area contributed by atoms with Gasteiger partial charge in [-0.05, 0) is 25.8 Å². The summed E-state index contributed by atoms with van der Waals surface area (Å²) in [5.74, 6) is 0.396. The van der Waals surface area contributed by atoms with Gasteiger partial charge in [-0.25, -0.2) is 9.78 Å². The van der Waals surface area contributed by atoms with Crippen LogP contribution >= 0.6 is 0 Å². The third-order valence-electron chi connectivity index (χ3n) is 3.65. The minimum atomic E-state index is -0.386. The molecule has 0 bridgehead atoms. The Labute approximate surface area is 113 Å². The zero-order valence-corrected chi connectivity index (χ0v) is 11.6. The van der Waals surface area contributed by atoms with E-state index in [9.17, 15) is 4.79 Å². The Morgan fingerprint density at radius 1 is 1.53 bits per heavy atom. The summed E-state index contributed by atoms with van der Waals surface area (Å²) >= 11 is 0. The first-order valence-electron chi connectivity index (χ1n) is 6.79. The van der Waals surface area contributed by atoms with Gasteiger partial charge in [0.05, 0.1) is 24.1 Å². The number of anilines is 2. The number of carbonyl (C=O) groups is 1. The van der Waals surface area contributed by atoms with Crippen molar-refractivity contribution in [2.24, 2.45) is 0 Å². The molecule has 0 radical (unpaired) electrons. The Kier molecular flexibility index (Phi) is 4.24. The van der Waals surface area contributed by atoms with E-state index >= 15 is 0 Å². The van der Waals surface area contributed by atoms with E-state index < -0.39 is 0 Å². The van der Waals surface area contributed by atoms with Gasteiger partial charge < -0.3 is 15.4 Å². The fourth-order valence-electron chi connectivity index (χ4n) is 2.51. The average Bonchev–Trinajstić information content (AvgIpc) is 2.92. The zero-order chi connectivity index (χ0) is 13.8. The molecule has 2 rings (SSSR count). The number of aromatic nitrogens is 1. The van der Waals surface area contributed by atoms with E-state index in [1.807, 2.05) is 7.05 Å². The van der Waals surface area contributed by atoms with E-state index in [4.69, 9.17) is 10.5 Å². The minimum Gasteiger partial charge on any atom is -0.462 e. The van der Waals surface area contributed by atoms with Gasteiger partial charge in [-0.1, -0.05) is 12.8 Å². The first kappa shape index (κ1) is 13.6. The van der Waals surface area contributed by atoms with Crippen LogP contribution in [0.1, 0.15) is 43.0 Å². The van der Waals surface area contributed by atoms with Crippen molar-refractivity contribution in [3.8, 4) is 0 Å². The molecular weight excluding hydrogens is 242 g/mol. The molecule has 104 valence electrons. The maximum atomic E-state index is 11.8. The SMILES string of the molecule is CCOC(=O)c1cc(N(C)C2CCCC2)ncc1N. The van der Waals surface area contributed by atoms with Crippen molar-refractivity contribution in [3.63, 3.8) is 0 Å². The van der Waals surface area contributed by atoms with E-state index in [-0.39, 0.29) is 5.97 Å². The van der Waals surface area contributed by atoms with Crippen molar-refractivity contribution in [3.05, 3.63) is 17.8 Å². The van der Waals surface area contributed by atoms with Crippen LogP contribution in [-0.2, 0) is 4.74 Å². The summed E-state index contributed by atoms with van der Waals surface area (Å²) < 4.78 is 5.00. The van der Waals surface area contributed by atoms with Crippen LogP contribution in [0.15, 0.2) is 12.3 Å². The van der Waals surface area contributed by atoms with Gasteiger partial charge in [0.1, 0.15) is 5.82 Å². The summed E-state index contributed by atoms with van der Waals surface area (Å²) in [5, 5.41) is 0. The first-order chi connectivity index (χ1) is 9.13. The average molecular weight is 263 g/mol. The summed E-state index contributed by atoms with van der Waals surface area (Å²) in [7, 11) is 2.02. The van der Waals surface area contributed by atoms with Crippen LogP contribution in [0, 0.1) is 0 Å². The highest BCUT2D eigenvalue weighted by Crippen LogP contribution is 2.27. The van der Waals surface area contributed by atoms with Crippen LogP contribution < -0.4 is 10.6 Å². The monoisotopic (exact) mass is 263 g/mol. The van der Waals surface area contributed by atoms with Crippen LogP contribution in [0.5, 0.6) is 0 Å². The Morgan fingerprint density at radius 2 is 2.21 bits per heavy atom. The van der Waals surface area contributed by atoms with Crippen molar-refractivity contribution >= 4 is 17.5 Å². The number of pyridine rings is 1. The molecule has 1 saturated carbocycles. The maximum absolute atomic E-state index is 11.8. The smallest absolute Gasteiger partial charge is 0.340 e. The van der Waals surface area contributed by atoms with Crippen molar-refractivity contribution in [1.29, 1.82) is 0 Å². The Bertz CT molecular complexity index is 456. The predicted octanol–water partition coefficient (Wildman–Crippen LogP) is 2.22. The highest BCUT2D eigenvalue weighted by Gasteiger charge is 2.22. The van der Waals surface area contributed by atoms with E-state index in [1.165, 1.54) is 31.9 Å². The maximum Gasteiger partial charge on any atom is 0.340 e. The Balaban J connectivity index is 2.22. The second-order valence-electron chi connectivity index (χ2n) is 4.90. The Morgan fingerprint density at radius 3 is 2.84 bits per heavy atom. The van der Waals surface area contributed by atoms with Crippen LogP contribution in [0.3, 0.4) is 0 Å². The second kappa shape index (κ2) is 5.91. The number of esters is 1. The number of nitrogens with zero attached hydrogens (tertiary/aromatic N) is 2. The molecule has 1 aromatic heterocycles. The summed E-state index contributed by atoms with van der Waals surface area (Å²) in [4.78, 5) is 18.3. The summed E-state index contributed by atoms with van der Waals surface area (Å²) in [5.41, 5.74) is 6.56. The second-order valence-corrected chi connectivity index (χ2v) is 4.90. The number of nitrogens with two attached hydrogens (primary N) is 1. The standard InChI is InChI=1S/C14H21N3O2/c1-3-19-14(18)11-8-13(16-9-12(11)15)17(2)10-6-4-5-7-10/h8-10H,3-7,15H2,1-2H3. The van der Waals surface area contributed by atoms with Gasteiger partial charge in [-0.3, -0.25) is 0 Å². The molecule has 1 aliphatic carbocycles. The van der Waals surface area contributed by atoms with Gasteiger partial charge in [0.25, 0.3) is 0 Å². The van der Waals surface area contributed by atoms with Gasteiger partial charge in [0.2, 0.25) is 0 Å². The van der Waals surface area contributed by atoms with Crippen molar-refractivity contribution in [2.45, 2.75) is 38.6 Å². The van der Waals surface area contributed by atoms with E-state index in [0.29, 0.717) is 23.9 Å². The van der Waals surface area contributed by atoms with Gasteiger partial charge in [-0.15, -0.1) is 0 Å². The van der Waals surface area contributed by atoms with Gasteiger partial charge >= 0.3 is 5.97 Å². The van der Waals surface area contributed by atoms with Crippen LogP contribution in [0.25, 0.3) is 0 Å². The van der Waals surface area contributed by atoms with E-state index in [2.05, 4.69) is 9.88 Å². The minimum absolute atomic E-state index is 0.342. The predicted molar refractivity (Wildman–Crippen MR) is 75.3 cm³/mol. The van der Waals surface area contributed by atoms with Gasteiger partial charge in [0, 0.05) is 13.1 Å². The third-order valence-corrected chi connectivity index (χ3v) is 3.65. The Hall–Kier alpha value is -1.78. The molecule has 0 unspecified atom stereocenters. The normalized spacial score (nSPS) is 15.5. The molecule has 5 heteroatoms. The quantitative estimate of drug-likeness (QED) is 0.844. The molecule has 0 aromatic carbocycles. The lowest BCUT2D eigenvalue weighted by Gasteiger charge is -2.25. The number of rotatable bonds is 4. The number of nitrogen functional groups attached to an aromatic ring is 1. The molecule has 1 fully saturated rings.